The SMILES string of the molecule is CCNc1cc(N)c(O)c2c1CC1CC3[C@H](N(C)C)C(O)=C(C(N)=O)C(=O)C3(O)C(O)=C1C2=O. The molecule has 1 aromatic carbocycles. The number of nitrogens with two attached hydrogens (primary N) is 2. The number of nitrogens with one attached hydrogen (secondary N) is 1. The minimum Gasteiger partial charge on any atom is -0.510 e. The van der Waals surface area contributed by atoms with Crippen LogP contribution in [0.1, 0.15) is 29.3 Å². The van der Waals surface area contributed by atoms with Gasteiger partial charge in [0, 0.05) is 23.7 Å². The number of Topliss-reactive ketones (excluding diaryl/α,β-unsaturated/α-hetero) is 2. The zero-order valence-electron chi connectivity index (χ0n) is 19.0. The van der Waals surface area contributed by atoms with E-state index in [1.165, 1.54) is 11.0 Å². The second kappa shape index (κ2) is 7.74. The highest BCUT2D eigenvalue weighted by Gasteiger charge is 2.63. The van der Waals surface area contributed by atoms with Crippen molar-refractivity contribution in [2.75, 3.05) is 31.7 Å². The number of hydrogen-bond donors (Lipinski definition) is 7. The van der Waals surface area contributed by atoms with Crippen LogP contribution < -0.4 is 16.8 Å². The zero-order valence-corrected chi connectivity index (χ0v) is 19.0. The van der Waals surface area contributed by atoms with Crippen molar-refractivity contribution in [1.82, 2.24) is 4.90 Å². The van der Waals surface area contributed by atoms with Gasteiger partial charge in [0.15, 0.2) is 11.4 Å². The standard InChI is InChI=1S/C23H28N4O7/c1-4-26-12-7-11(24)17(28)14-9(12)5-8-6-10-16(27(2)3)19(30)15(22(25)33)21(32)23(10,34)20(31)13(8)18(14)29/h7-8,10,16,26,28,30-31,34H,4-6,24H2,1-3H3,(H2,25,33)/t8?,10?,16-,23?/m0/s1. The van der Waals surface area contributed by atoms with Crippen molar-refractivity contribution >= 4 is 28.8 Å². The molecule has 1 amide bonds. The van der Waals surface area contributed by atoms with Gasteiger partial charge < -0.3 is 37.2 Å². The summed E-state index contributed by atoms with van der Waals surface area (Å²) in [6.07, 6.45) is 0.229. The molecule has 0 bridgehead atoms. The summed E-state index contributed by atoms with van der Waals surface area (Å²) in [7, 11) is 3.16. The van der Waals surface area contributed by atoms with Gasteiger partial charge in [0.25, 0.3) is 5.91 Å². The predicted octanol–water partition coefficient (Wildman–Crippen LogP) is 0.135. The third-order valence-corrected chi connectivity index (χ3v) is 7.12. The van der Waals surface area contributed by atoms with Crippen molar-refractivity contribution in [3.63, 3.8) is 0 Å². The number of nitrogen functional groups attached to an aromatic ring is 1. The minimum atomic E-state index is -2.66. The number of phenolic OH excluding ortho intramolecular Hbond substituents is 1. The van der Waals surface area contributed by atoms with Crippen LogP contribution in [-0.4, -0.2) is 75.1 Å². The van der Waals surface area contributed by atoms with E-state index < -0.39 is 63.8 Å². The molecule has 0 aliphatic heterocycles. The Bertz CT molecular complexity index is 1200. The third kappa shape index (κ3) is 2.93. The number of phenols is 1. The topological polar surface area (TPSA) is 199 Å². The predicted molar refractivity (Wildman–Crippen MR) is 122 cm³/mol. The Labute approximate surface area is 195 Å². The first-order valence-corrected chi connectivity index (χ1v) is 10.9. The normalized spacial score (nSPS) is 28.6. The fourth-order valence-electron chi connectivity index (χ4n) is 5.69. The van der Waals surface area contributed by atoms with E-state index in [-0.39, 0.29) is 29.7 Å². The van der Waals surface area contributed by atoms with E-state index in [4.69, 9.17) is 11.5 Å². The highest BCUT2D eigenvalue weighted by Crippen LogP contribution is 2.53. The number of carbonyl (C=O) groups is 3. The van der Waals surface area contributed by atoms with Crippen LogP contribution in [0.5, 0.6) is 5.75 Å². The van der Waals surface area contributed by atoms with Crippen molar-refractivity contribution in [2.45, 2.75) is 31.4 Å². The number of hydrogen-bond acceptors (Lipinski definition) is 10. The largest absolute Gasteiger partial charge is 0.510 e. The van der Waals surface area contributed by atoms with Gasteiger partial charge >= 0.3 is 0 Å². The molecule has 182 valence electrons. The minimum absolute atomic E-state index is 0.0302. The third-order valence-electron chi connectivity index (χ3n) is 7.12. The molecule has 11 heteroatoms. The van der Waals surface area contributed by atoms with Gasteiger partial charge in [0.1, 0.15) is 22.8 Å². The van der Waals surface area contributed by atoms with Crippen molar-refractivity contribution in [2.24, 2.45) is 17.6 Å². The van der Waals surface area contributed by atoms with E-state index in [1.807, 2.05) is 6.92 Å². The highest BCUT2D eigenvalue weighted by atomic mass is 16.3. The molecule has 0 heterocycles. The maximum Gasteiger partial charge on any atom is 0.255 e. The molecular weight excluding hydrogens is 444 g/mol. The van der Waals surface area contributed by atoms with E-state index in [0.29, 0.717) is 17.8 Å². The van der Waals surface area contributed by atoms with Gasteiger partial charge in [-0.3, -0.25) is 19.3 Å². The van der Waals surface area contributed by atoms with Crippen molar-refractivity contribution in [3.8, 4) is 5.75 Å². The summed E-state index contributed by atoms with van der Waals surface area (Å²) < 4.78 is 0. The lowest BCUT2D eigenvalue weighted by Gasteiger charge is -2.50. The Kier molecular flexibility index (Phi) is 5.37. The summed E-state index contributed by atoms with van der Waals surface area (Å²) in [4.78, 5) is 40.3. The van der Waals surface area contributed by atoms with Gasteiger partial charge in [-0.15, -0.1) is 0 Å². The molecule has 3 aliphatic rings. The van der Waals surface area contributed by atoms with E-state index >= 15 is 0 Å². The molecular formula is C23H28N4O7. The number of ketones is 2. The summed E-state index contributed by atoms with van der Waals surface area (Å²) in [5.74, 6) is -6.96. The van der Waals surface area contributed by atoms with Gasteiger partial charge in [0.05, 0.1) is 17.3 Å². The van der Waals surface area contributed by atoms with Crippen molar-refractivity contribution < 1.29 is 34.8 Å². The summed E-state index contributed by atoms with van der Waals surface area (Å²) in [6.45, 7) is 2.39. The number of aliphatic hydroxyl groups excluding tert-OH is 2. The summed E-state index contributed by atoms with van der Waals surface area (Å²) in [5, 5.41) is 47.2. The molecule has 0 radical (unpaired) electrons. The number of anilines is 2. The van der Waals surface area contributed by atoms with E-state index in [2.05, 4.69) is 5.32 Å². The first-order chi connectivity index (χ1) is 15.9. The number of aliphatic hydroxyl groups is 3. The van der Waals surface area contributed by atoms with Crippen LogP contribution in [0, 0.1) is 11.8 Å². The first kappa shape index (κ1) is 23.6. The number of fused-ring (bicyclic) bond motifs is 3. The number of primary amides is 1. The second-order valence-electron chi connectivity index (χ2n) is 9.21. The summed E-state index contributed by atoms with van der Waals surface area (Å²) in [6, 6.07) is 0.498. The lowest BCUT2D eigenvalue weighted by atomic mass is 9.58. The molecule has 3 unspecified atom stereocenters. The number of allylic oxidation sites excluding steroid dienone is 1. The zero-order chi connectivity index (χ0) is 25.3. The van der Waals surface area contributed by atoms with Crippen LogP contribution in [-0.2, 0) is 16.0 Å². The Balaban J connectivity index is 1.98. The van der Waals surface area contributed by atoms with Gasteiger partial charge in [-0.1, -0.05) is 0 Å². The monoisotopic (exact) mass is 472 g/mol. The average Bonchev–Trinajstić information content (AvgIpc) is 2.74. The molecule has 11 nitrogen and oxygen atoms in total. The maximum absolute atomic E-state index is 13.6. The number of nitrogens with zero attached hydrogens (tertiary/aromatic N) is 1. The summed E-state index contributed by atoms with van der Waals surface area (Å²) >= 11 is 0. The van der Waals surface area contributed by atoms with Gasteiger partial charge in [-0.05, 0) is 51.4 Å². The molecule has 0 fully saturated rings. The molecule has 9 N–H and O–H groups in total. The van der Waals surface area contributed by atoms with Crippen molar-refractivity contribution in [3.05, 3.63) is 39.9 Å². The van der Waals surface area contributed by atoms with Crippen LogP contribution in [0.25, 0.3) is 0 Å². The van der Waals surface area contributed by atoms with Crippen LogP contribution in [0.3, 0.4) is 0 Å². The molecule has 4 atom stereocenters. The Morgan fingerprint density at radius 3 is 2.47 bits per heavy atom. The molecule has 0 saturated carbocycles. The number of rotatable bonds is 4. The lowest BCUT2D eigenvalue weighted by molar-refractivity contribution is -0.148. The smallest absolute Gasteiger partial charge is 0.255 e. The van der Waals surface area contributed by atoms with Gasteiger partial charge in [-0.25, -0.2) is 0 Å². The molecule has 0 aromatic heterocycles. The van der Waals surface area contributed by atoms with Crippen molar-refractivity contribution in [1.29, 1.82) is 0 Å². The quantitative estimate of drug-likeness (QED) is 0.137. The molecule has 3 aliphatic carbocycles. The van der Waals surface area contributed by atoms with Gasteiger partial charge in [0.2, 0.25) is 5.78 Å². The molecule has 4 rings (SSSR count). The Hall–Kier alpha value is -3.57. The fourth-order valence-corrected chi connectivity index (χ4v) is 5.69. The fraction of sp³-hybridized carbons (Fsp3) is 0.435. The number of aromatic hydroxyl groups is 1. The molecule has 1 aromatic rings. The van der Waals surface area contributed by atoms with E-state index in [9.17, 15) is 34.8 Å². The van der Waals surface area contributed by atoms with Crippen LogP contribution in [0.2, 0.25) is 0 Å². The number of benzene rings is 1. The van der Waals surface area contributed by atoms with E-state index in [0.717, 1.165) is 0 Å². The Morgan fingerprint density at radius 2 is 1.91 bits per heavy atom. The molecule has 34 heavy (non-hydrogen) atoms. The summed E-state index contributed by atoms with van der Waals surface area (Å²) in [5.41, 5.74) is 8.40. The van der Waals surface area contributed by atoms with Crippen LogP contribution in [0.15, 0.2) is 28.7 Å². The lowest BCUT2D eigenvalue weighted by Crippen LogP contribution is -2.63. The Morgan fingerprint density at radius 1 is 1.26 bits per heavy atom. The molecule has 0 saturated heterocycles. The number of likely N-dealkylation sites (N-methyl/N-ethyl adjacent to an activating group) is 1. The number of carbonyl (C=O) groups excluding carboxylic acids is 3. The van der Waals surface area contributed by atoms with E-state index in [1.54, 1.807) is 14.1 Å². The molecule has 0 spiro atoms. The second-order valence-corrected chi connectivity index (χ2v) is 9.21. The number of amides is 1. The highest BCUT2D eigenvalue weighted by molar-refractivity contribution is 6.25. The van der Waals surface area contributed by atoms with Crippen LogP contribution in [0.4, 0.5) is 11.4 Å². The van der Waals surface area contributed by atoms with Crippen LogP contribution >= 0.6 is 0 Å². The average molecular weight is 472 g/mol. The van der Waals surface area contributed by atoms with Gasteiger partial charge in [-0.2, -0.15) is 0 Å². The maximum atomic E-state index is 13.6. The first-order valence-electron chi connectivity index (χ1n) is 10.9.